The lowest BCUT2D eigenvalue weighted by atomic mass is 9.81. The molecule has 1 aromatic rings. The molecule has 1 heterocycles. The highest BCUT2D eigenvalue weighted by Crippen LogP contribution is 2.35. The van der Waals surface area contributed by atoms with Crippen LogP contribution in [-0.2, 0) is 4.74 Å². The molecule has 1 saturated heterocycles. The molecule has 1 amide bonds. The van der Waals surface area contributed by atoms with Crippen molar-refractivity contribution in [3.63, 3.8) is 0 Å². The normalized spacial score (nSPS) is 27.3. The van der Waals surface area contributed by atoms with E-state index in [4.69, 9.17) is 26.8 Å². The number of anilines is 1. The van der Waals surface area contributed by atoms with E-state index >= 15 is 0 Å². The van der Waals surface area contributed by atoms with Crippen LogP contribution in [0.15, 0.2) is 12.1 Å². The first-order chi connectivity index (χ1) is 10.6. The number of rotatable bonds is 3. The van der Waals surface area contributed by atoms with Crippen LogP contribution >= 0.6 is 11.6 Å². The monoisotopic (exact) mass is 324 g/mol. The molecule has 22 heavy (non-hydrogen) atoms. The van der Waals surface area contributed by atoms with Gasteiger partial charge >= 0.3 is 0 Å². The Morgan fingerprint density at radius 2 is 2.23 bits per heavy atom. The minimum atomic E-state index is -0.170. The largest absolute Gasteiger partial charge is 0.496 e. The third kappa shape index (κ3) is 2.88. The minimum Gasteiger partial charge on any atom is -0.496 e. The van der Waals surface area contributed by atoms with E-state index in [2.05, 4.69) is 5.32 Å². The summed E-state index contributed by atoms with van der Waals surface area (Å²) >= 11 is 6.04. The first-order valence-corrected chi connectivity index (χ1v) is 8.03. The fraction of sp³-hybridized carbons (Fsp3) is 0.562. The number of benzene rings is 1. The third-order valence-electron chi connectivity index (χ3n) is 4.66. The highest BCUT2D eigenvalue weighted by molar-refractivity contribution is 6.33. The predicted molar refractivity (Wildman–Crippen MR) is 85.4 cm³/mol. The molecule has 2 fully saturated rings. The maximum Gasteiger partial charge on any atom is 0.255 e. The van der Waals surface area contributed by atoms with Crippen LogP contribution in [0.25, 0.3) is 0 Å². The molecule has 120 valence electrons. The molecule has 3 atom stereocenters. The molecular weight excluding hydrogens is 304 g/mol. The molecule has 1 saturated carbocycles. The zero-order chi connectivity index (χ0) is 15.7. The van der Waals surface area contributed by atoms with Gasteiger partial charge < -0.3 is 20.5 Å². The number of ether oxygens (including phenoxy) is 2. The van der Waals surface area contributed by atoms with E-state index in [1.807, 2.05) is 0 Å². The summed E-state index contributed by atoms with van der Waals surface area (Å²) in [6.07, 6.45) is 4.45. The van der Waals surface area contributed by atoms with E-state index in [0.717, 1.165) is 32.3 Å². The number of carbonyl (C=O) groups is 1. The molecule has 3 rings (SSSR count). The maximum atomic E-state index is 12.6. The number of fused-ring (bicyclic) bond motifs is 1. The first kappa shape index (κ1) is 15.4. The fourth-order valence-corrected chi connectivity index (χ4v) is 3.68. The van der Waals surface area contributed by atoms with Crippen molar-refractivity contribution in [1.29, 1.82) is 0 Å². The van der Waals surface area contributed by atoms with Crippen molar-refractivity contribution in [2.24, 2.45) is 5.92 Å². The number of nitrogens with two attached hydrogens (primary N) is 1. The number of nitrogens with one attached hydrogen (secondary N) is 1. The zero-order valence-corrected chi connectivity index (χ0v) is 13.4. The molecule has 0 spiro atoms. The molecule has 1 aromatic carbocycles. The van der Waals surface area contributed by atoms with Crippen molar-refractivity contribution in [2.45, 2.75) is 37.8 Å². The van der Waals surface area contributed by atoms with E-state index < -0.39 is 0 Å². The maximum absolute atomic E-state index is 12.6. The van der Waals surface area contributed by atoms with Gasteiger partial charge in [0.05, 0.1) is 29.5 Å². The molecule has 2 aliphatic rings. The van der Waals surface area contributed by atoms with E-state index in [0.29, 0.717) is 27.9 Å². The van der Waals surface area contributed by atoms with Gasteiger partial charge in [-0.05, 0) is 31.7 Å². The number of carbonyl (C=O) groups excluding carboxylic acids is 1. The van der Waals surface area contributed by atoms with Crippen LogP contribution in [0.3, 0.4) is 0 Å². The molecule has 0 radical (unpaired) electrons. The quantitative estimate of drug-likeness (QED) is 0.838. The van der Waals surface area contributed by atoms with Gasteiger partial charge in [0.1, 0.15) is 5.75 Å². The number of nitrogen functional groups attached to an aromatic ring is 1. The van der Waals surface area contributed by atoms with Gasteiger partial charge in [-0.2, -0.15) is 0 Å². The molecular formula is C16H21ClN2O3. The van der Waals surface area contributed by atoms with Gasteiger partial charge in [0.25, 0.3) is 5.91 Å². The standard InChI is InChI=1S/C16H21ClN2O3/c1-21-15-8-12(18)11(17)7-10(15)16(20)19-13-3-2-4-14-9(13)5-6-22-14/h7-9,13-14H,2-6,18H2,1H3,(H,19,20). The van der Waals surface area contributed by atoms with Crippen molar-refractivity contribution in [3.8, 4) is 5.75 Å². The summed E-state index contributed by atoms with van der Waals surface area (Å²) in [5.41, 5.74) is 6.58. The van der Waals surface area contributed by atoms with Crippen LogP contribution in [0.4, 0.5) is 5.69 Å². The predicted octanol–water partition coefficient (Wildman–Crippen LogP) is 2.62. The number of amides is 1. The van der Waals surface area contributed by atoms with Gasteiger partial charge in [-0.25, -0.2) is 0 Å². The molecule has 0 aromatic heterocycles. The average Bonchev–Trinajstić information content (AvgIpc) is 2.99. The Morgan fingerprint density at radius 3 is 3.00 bits per heavy atom. The SMILES string of the molecule is COc1cc(N)c(Cl)cc1C(=O)NC1CCCC2OCCC12. The van der Waals surface area contributed by atoms with Crippen LogP contribution in [0.5, 0.6) is 5.75 Å². The lowest BCUT2D eigenvalue weighted by molar-refractivity contribution is 0.0510. The van der Waals surface area contributed by atoms with E-state index in [-0.39, 0.29) is 18.1 Å². The van der Waals surface area contributed by atoms with Crippen molar-refractivity contribution in [2.75, 3.05) is 19.5 Å². The summed E-state index contributed by atoms with van der Waals surface area (Å²) in [6.45, 7) is 0.790. The highest BCUT2D eigenvalue weighted by Gasteiger charge is 2.38. The summed E-state index contributed by atoms with van der Waals surface area (Å²) in [5, 5.41) is 3.49. The molecule has 3 unspecified atom stereocenters. The van der Waals surface area contributed by atoms with E-state index in [9.17, 15) is 4.79 Å². The Kier molecular flexibility index (Phi) is 4.45. The minimum absolute atomic E-state index is 0.148. The topological polar surface area (TPSA) is 73.6 Å². The lowest BCUT2D eigenvalue weighted by Gasteiger charge is -2.33. The van der Waals surface area contributed by atoms with E-state index in [1.54, 1.807) is 12.1 Å². The number of halogens is 1. The van der Waals surface area contributed by atoms with Crippen LogP contribution in [0, 0.1) is 5.92 Å². The van der Waals surface area contributed by atoms with Crippen LogP contribution in [0.2, 0.25) is 5.02 Å². The van der Waals surface area contributed by atoms with Crippen LogP contribution < -0.4 is 15.8 Å². The van der Waals surface area contributed by atoms with Gasteiger partial charge in [0.2, 0.25) is 0 Å². The second kappa shape index (κ2) is 6.34. The number of hydrogen-bond acceptors (Lipinski definition) is 4. The Morgan fingerprint density at radius 1 is 1.41 bits per heavy atom. The first-order valence-electron chi connectivity index (χ1n) is 7.65. The fourth-order valence-electron chi connectivity index (χ4n) is 3.52. The van der Waals surface area contributed by atoms with Gasteiger partial charge in [-0.3, -0.25) is 4.79 Å². The lowest BCUT2D eigenvalue weighted by Crippen LogP contribution is -2.45. The Hall–Kier alpha value is -1.46. The summed E-state index contributed by atoms with van der Waals surface area (Å²) in [4.78, 5) is 12.6. The molecule has 5 nitrogen and oxygen atoms in total. The molecule has 6 heteroatoms. The summed E-state index contributed by atoms with van der Waals surface area (Å²) < 4.78 is 11.0. The average molecular weight is 325 g/mol. The van der Waals surface area contributed by atoms with E-state index in [1.165, 1.54) is 7.11 Å². The van der Waals surface area contributed by atoms with Crippen LogP contribution in [0.1, 0.15) is 36.0 Å². The summed E-state index contributed by atoms with van der Waals surface area (Å²) in [7, 11) is 1.51. The number of methoxy groups -OCH3 is 1. The second-order valence-corrected chi connectivity index (χ2v) is 6.35. The zero-order valence-electron chi connectivity index (χ0n) is 12.6. The smallest absolute Gasteiger partial charge is 0.255 e. The second-order valence-electron chi connectivity index (χ2n) is 5.95. The molecule has 3 N–H and O–H groups in total. The van der Waals surface area contributed by atoms with Crippen molar-refractivity contribution in [3.05, 3.63) is 22.7 Å². The molecule has 1 aliphatic carbocycles. The van der Waals surface area contributed by atoms with Crippen LogP contribution in [-0.4, -0.2) is 31.8 Å². The van der Waals surface area contributed by atoms with Gasteiger partial charge in [-0.1, -0.05) is 11.6 Å². The Labute approximate surface area is 135 Å². The summed E-state index contributed by atoms with van der Waals surface area (Å²) in [5.74, 6) is 0.679. The van der Waals surface area contributed by atoms with Crippen molar-refractivity contribution < 1.29 is 14.3 Å². The molecule has 0 bridgehead atoms. The highest BCUT2D eigenvalue weighted by atomic mass is 35.5. The summed E-state index contributed by atoms with van der Waals surface area (Å²) in [6, 6.07) is 3.30. The van der Waals surface area contributed by atoms with Crippen molar-refractivity contribution in [1.82, 2.24) is 5.32 Å². The number of hydrogen-bond donors (Lipinski definition) is 2. The Balaban J connectivity index is 1.78. The van der Waals surface area contributed by atoms with Gasteiger partial charge in [0, 0.05) is 24.6 Å². The third-order valence-corrected chi connectivity index (χ3v) is 4.99. The Bertz CT molecular complexity index is 579. The van der Waals surface area contributed by atoms with Gasteiger partial charge in [-0.15, -0.1) is 0 Å². The van der Waals surface area contributed by atoms with Gasteiger partial charge in [0.15, 0.2) is 0 Å². The van der Waals surface area contributed by atoms with Crippen molar-refractivity contribution >= 4 is 23.2 Å². The molecule has 1 aliphatic heterocycles.